The number of esters is 1. The molecule has 3 nitrogen and oxygen atoms in total. The number of carbonyl (C=O) groups is 1. The van der Waals surface area contributed by atoms with Gasteiger partial charge in [-0.15, -0.1) is 0 Å². The normalized spacial score (nSPS) is 21.1. The summed E-state index contributed by atoms with van der Waals surface area (Å²) < 4.78 is 18.5. The molecule has 0 bridgehead atoms. The second-order valence-corrected chi connectivity index (χ2v) is 5.37. The lowest BCUT2D eigenvalue weighted by Crippen LogP contribution is -2.49. The highest BCUT2D eigenvalue weighted by atomic mass is 19.1. The average molecular weight is 266 g/mol. The van der Waals surface area contributed by atoms with Gasteiger partial charge in [-0.3, -0.25) is 0 Å². The molecule has 2 rings (SSSR count). The Balaban J connectivity index is 2.49. The molecule has 0 amide bonds. The highest BCUT2D eigenvalue weighted by molar-refractivity contribution is 5.81. The zero-order chi connectivity index (χ0) is 14.2. The third-order valence-corrected chi connectivity index (χ3v) is 4.14. The Labute approximate surface area is 112 Å². The van der Waals surface area contributed by atoms with E-state index in [1.165, 1.54) is 13.2 Å². The van der Waals surface area contributed by atoms with Crippen molar-refractivity contribution in [3.8, 4) is 0 Å². The molecule has 1 aromatic carbocycles. The molecule has 0 radical (unpaired) electrons. The van der Waals surface area contributed by atoms with Crippen LogP contribution in [-0.4, -0.2) is 23.8 Å². The topological polar surface area (TPSA) is 46.5 Å². The first kappa shape index (κ1) is 14.0. The Kier molecular flexibility index (Phi) is 3.63. The molecule has 0 saturated heterocycles. The SMILES string of the molecule is COC(=O)C(O)(C(C)C)C1CCc2c(F)cccc21. The predicted molar refractivity (Wildman–Crippen MR) is 69.3 cm³/mol. The summed E-state index contributed by atoms with van der Waals surface area (Å²) in [4.78, 5) is 12.0. The predicted octanol–water partition coefficient (Wildman–Crippen LogP) is 2.42. The molecule has 1 aliphatic carbocycles. The summed E-state index contributed by atoms with van der Waals surface area (Å²) in [6.07, 6.45) is 1.10. The van der Waals surface area contributed by atoms with E-state index in [1.807, 2.05) is 0 Å². The Hall–Kier alpha value is -1.42. The Morgan fingerprint density at radius 3 is 2.79 bits per heavy atom. The third kappa shape index (κ3) is 2.04. The van der Waals surface area contributed by atoms with Crippen LogP contribution in [0.3, 0.4) is 0 Å². The van der Waals surface area contributed by atoms with Gasteiger partial charge in [-0.2, -0.15) is 0 Å². The van der Waals surface area contributed by atoms with E-state index in [9.17, 15) is 14.3 Å². The summed E-state index contributed by atoms with van der Waals surface area (Å²) in [5.41, 5.74) is -0.273. The summed E-state index contributed by atoms with van der Waals surface area (Å²) in [6, 6.07) is 4.81. The molecule has 0 saturated carbocycles. The van der Waals surface area contributed by atoms with Crippen LogP contribution in [-0.2, 0) is 16.0 Å². The van der Waals surface area contributed by atoms with E-state index in [1.54, 1.807) is 26.0 Å². The van der Waals surface area contributed by atoms with Crippen molar-refractivity contribution in [2.45, 2.75) is 38.2 Å². The molecule has 1 aromatic rings. The van der Waals surface area contributed by atoms with Crippen LogP contribution in [0, 0.1) is 11.7 Å². The molecular weight excluding hydrogens is 247 g/mol. The van der Waals surface area contributed by atoms with Gasteiger partial charge in [0.15, 0.2) is 5.60 Å². The minimum Gasteiger partial charge on any atom is -0.467 e. The lowest BCUT2D eigenvalue weighted by atomic mass is 9.75. The average Bonchev–Trinajstić information content (AvgIpc) is 2.82. The van der Waals surface area contributed by atoms with Crippen molar-refractivity contribution >= 4 is 5.97 Å². The van der Waals surface area contributed by atoms with Crippen molar-refractivity contribution < 1.29 is 19.0 Å². The molecule has 2 atom stereocenters. The number of methoxy groups -OCH3 is 1. The van der Waals surface area contributed by atoms with Crippen molar-refractivity contribution in [3.05, 3.63) is 35.1 Å². The lowest BCUT2D eigenvalue weighted by Gasteiger charge is -2.35. The fraction of sp³-hybridized carbons (Fsp3) is 0.533. The van der Waals surface area contributed by atoms with E-state index in [0.717, 1.165) is 5.56 Å². The van der Waals surface area contributed by atoms with Crippen molar-refractivity contribution in [1.29, 1.82) is 0 Å². The van der Waals surface area contributed by atoms with Gasteiger partial charge in [0.05, 0.1) is 7.11 Å². The molecule has 19 heavy (non-hydrogen) atoms. The van der Waals surface area contributed by atoms with Crippen LogP contribution in [0.15, 0.2) is 18.2 Å². The summed E-state index contributed by atoms with van der Waals surface area (Å²) in [5, 5.41) is 10.8. The van der Waals surface area contributed by atoms with Crippen molar-refractivity contribution in [3.63, 3.8) is 0 Å². The maximum absolute atomic E-state index is 13.7. The third-order valence-electron chi connectivity index (χ3n) is 4.14. The Morgan fingerprint density at radius 1 is 1.53 bits per heavy atom. The highest BCUT2D eigenvalue weighted by Crippen LogP contribution is 2.45. The summed E-state index contributed by atoms with van der Waals surface area (Å²) in [7, 11) is 1.26. The number of benzene rings is 1. The van der Waals surface area contributed by atoms with Crippen LogP contribution >= 0.6 is 0 Å². The van der Waals surface area contributed by atoms with E-state index in [0.29, 0.717) is 18.4 Å². The van der Waals surface area contributed by atoms with Crippen molar-refractivity contribution in [1.82, 2.24) is 0 Å². The fourth-order valence-corrected chi connectivity index (χ4v) is 3.01. The van der Waals surface area contributed by atoms with E-state index in [4.69, 9.17) is 4.74 Å². The Bertz CT molecular complexity index is 498. The van der Waals surface area contributed by atoms with Crippen LogP contribution in [0.4, 0.5) is 4.39 Å². The van der Waals surface area contributed by atoms with Crippen LogP contribution in [0.25, 0.3) is 0 Å². The number of ether oxygens (including phenoxy) is 1. The number of carbonyl (C=O) groups excluding carboxylic acids is 1. The molecule has 4 heteroatoms. The molecule has 1 aliphatic rings. The monoisotopic (exact) mass is 266 g/mol. The lowest BCUT2D eigenvalue weighted by molar-refractivity contribution is -0.170. The van der Waals surface area contributed by atoms with Crippen molar-refractivity contribution in [2.24, 2.45) is 5.92 Å². The maximum atomic E-state index is 13.7. The number of hydrogen-bond acceptors (Lipinski definition) is 3. The molecule has 0 spiro atoms. The van der Waals surface area contributed by atoms with E-state index >= 15 is 0 Å². The van der Waals surface area contributed by atoms with Gasteiger partial charge in [0.25, 0.3) is 0 Å². The van der Waals surface area contributed by atoms with Crippen LogP contribution in [0.2, 0.25) is 0 Å². The number of halogens is 1. The van der Waals surface area contributed by atoms with Crippen LogP contribution in [0.1, 0.15) is 37.3 Å². The molecule has 0 fully saturated rings. The Morgan fingerprint density at radius 2 is 2.21 bits per heavy atom. The summed E-state index contributed by atoms with van der Waals surface area (Å²) >= 11 is 0. The standard InChI is InChI=1S/C15H19FO3/c1-9(2)15(18,14(17)19-3)12-8-7-11-10(12)5-4-6-13(11)16/h4-6,9,12,18H,7-8H2,1-3H3. The van der Waals surface area contributed by atoms with Gasteiger partial charge in [-0.05, 0) is 36.0 Å². The van der Waals surface area contributed by atoms with E-state index in [2.05, 4.69) is 0 Å². The number of aliphatic hydroxyl groups is 1. The fourth-order valence-electron chi connectivity index (χ4n) is 3.01. The minimum atomic E-state index is -1.60. The summed E-state index contributed by atoms with van der Waals surface area (Å²) in [5.74, 6) is -1.63. The second-order valence-electron chi connectivity index (χ2n) is 5.37. The quantitative estimate of drug-likeness (QED) is 0.855. The molecule has 0 aliphatic heterocycles. The molecule has 0 heterocycles. The maximum Gasteiger partial charge on any atom is 0.338 e. The summed E-state index contributed by atoms with van der Waals surface area (Å²) in [6.45, 7) is 3.54. The van der Waals surface area contributed by atoms with Gasteiger partial charge in [0.2, 0.25) is 0 Å². The number of hydrogen-bond donors (Lipinski definition) is 1. The van der Waals surface area contributed by atoms with Gasteiger partial charge in [0, 0.05) is 5.92 Å². The molecule has 0 aromatic heterocycles. The minimum absolute atomic E-state index is 0.268. The zero-order valence-electron chi connectivity index (χ0n) is 11.4. The van der Waals surface area contributed by atoms with E-state index < -0.39 is 17.5 Å². The number of rotatable bonds is 3. The number of fused-ring (bicyclic) bond motifs is 1. The largest absolute Gasteiger partial charge is 0.467 e. The first-order valence-electron chi connectivity index (χ1n) is 6.51. The second kappa shape index (κ2) is 4.93. The highest BCUT2D eigenvalue weighted by Gasteiger charge is 2.50. The molecule has 2 unspecified atom stereocenters. The van der Waals surface area contributed by atoms with Gasteiger partial charge in [-0.25, -0.2) is 9.18 Å². The zero-order valence-corrected chi connectivity index (χ0v) is 11.4. The molecule has 1 N–H and O–H groups in total. The van der Waals surface area contributed by atoms with Crippen molar-refractivity contribution in [2.75, 3.05) is 7.11 Å². The first-order valence-corrected chi connectivity index (χ1v) is 6.51. The van der Waals surface area contributed by atoms with Gasteiger partial charge in [-0.1, -0.05) is 26.0 Å². The van der Waals surface area contributed by atoms with Gasteiger partial charge >= 0.3 is 5.97 Å². The van der Waals surface area contributed by atoms with Gasteiger partial charge < -0.3 is 9.84 Å². The van der Waals surface area contributed by atoms with Gasteiger partial charge in [0.1, 0.15) is 5.82 Å². The van der Waals surface area contributed by atoms with Crippen LogP contribution in [0.5, 0.6) is 0 Å². The van der Waals surface area contributed by atoms with E-state index in [-0.39, 0.29) is 11.7 Å². The molecule has 104 valence electrons. The van der Waals surface area contributed by atoms with Crippen LogP contribution < -0.4 is 0 Å². The smallest absolute Gasteiger partial charge is 0.338 e. The molecular formula is C15H19FO3. The first-order chi connectivity index (χ1) is 8.92.